The second-order valence-electron chi connectivity index (χ2n) is 3.92. The first-order chi connectivity index (χ1) is 7.19. The van der Waals surface area contributed by atoms with Gasteiger partial charge in [0.15, 0.2) is 0 Å². The van der Waals surface area contributed by atoms with Gasteiger partial charge >= 0.3 is 5.97 Å². The molecule has 1 N–H and O–H groups in total. The van der Waals surface area contributed by atoms with Crippen molar-refractivity contribution in [1.82, 2.24) is 5.32 Å². The van der Waals surface area contributed by atoms with E-state index in [0.29, 0.717) is 12.3 Å². The Morgan fingerprint density at radius 1 is 1.27 bits per heavy atom. The van der Waals surface area contributed by atoms with Gasteiger partial charge in [-0.1, -0.05) is 33.6 Å². The molecule has 15 heavy (non-hydrogen) atoms. The lowest BCUT2D eigenvalue weighted by Crippen LogP contribution is -2.38. The number of hydrogen-bond donors (Lipinski definition) is 1. The van der Waals surface area contributed by atoms with Gasteiger partial charge in [-0.3, -0.25) is 4.79 Å². The zero-order valence-electron chi connectivity index (χ0n) is 10.5. The molecule has 0 aromatic heterocycles. The summed E-state index contributed by atoms with van der Waals surface area (Å²) in [5, 5.41) is 3.44. The maximum atomic E-state index is 11.3. The first kappa shape index (κ1) is 14.4. The van der Waals surface area contributed by atoms with Crippen molar-refractivity contribution in [3.63, 3.8) is 0 Å². The molecule has 0 fully saturated rings. The number of methoxy groups -OCH3 is 1. The fourth-order valence-corrected chi connectivity index (χ4v) is 1.86. The van der Waals surface area contributed by atoms with Gasteiger partial charge in [0.1, 0.15) is 0 Å². The molecule has 3 heteroatoms. The van der Waals surface area contributed by atoms with Crippen molar-refractivity contribution in [3.8, 4) is 0 Å². The molecule has 0 saturated carbocycles. The molecule has 0 aliphatic rings. The smallest absolute Gasteiger partial charge is 0.307 e. The van der Waals surface area contributed by atoms with E-state index in [1.165, 1.54) is 7.11 Å². The van der Waals surface area contributed by atoms with Crippen LogP contribution in [0.3, 0.4) is 0 Å². The Bertz CT molecular complexity index is 167. The van der Waals surface area contributed by atoms with E-state index in [1.807, 2.05) is 0 Å². The van der Waals surface area contributed by atoms with E-state index in [0.717, 1.165) is 25.8 Å². The third kappa shape index (κ3) is 5.78. The summed E-state index contributed by atoms with van der Waals surface area (Å²) >= 11 is 0. The van der Waals surface area contributed by atoms with Gasteiger partial charge in [-0.2, -0.15) is 0 Å². The predicted molar refractivity (Wildman–Crippen MR) is 62.8 cm³/mol. The van der Waals surface area contributed by atoms with Crippen molar-refractivity contribution in [2.24, 2.45) is 5.92 Å². The fraction of sp³-hybridized carbons (Fsp3) is 0.917. The molecular weight excluding hydrogens is 190 g/mol. The lowest BCUT2D eigenvalue weighted by molar-refractivity contribution is -0.141. The van der Waals surface area contributed by atoms with Crippen LogP contribution in [-0.2, 0) is 9.53 Å². The molecule has 0 amide bonds. The third-order valence-corrected chi connectivity index (χ3v) is 2.89. The number of nitrogens with one attached hydrogen (secondary N) is 1. The summed E-state index contributed by atoms with van der Waals surface area (Å²) in [4.78, 5) is 11.3. The Morgan fingerprint density at radius 3 is 2.27 bits per heavy atom. The van der Waals surface area contributed by atoms with Crippen molar-refractivity contribution in [3.05, 3.63) is 0 Å². The molecule has 0 rings (SSSR count). The van der Waals surface area contributed by atoms with Gasteiger partial charge in [-0.05, 0) is 18.9 Å². The van der Waals surface area contributed by atoms with Gasteiger partial charge in [-0.15, -0.1) is 0 Å². The van der Waals surface area contributed by atoms with E-state index in [2.05, 4.69) is 26.1 Å². The highest BCUT2D eigenvalue weighted by molar-refractivity contribution is 5.69. The number of rotatable bonds is 8. The first-order valence-electron chi connectivity index (χ1n) is 5.99. The standard InChI is InChI=1S/C12H25NO2/c1-5-8-13-11(9-12(14)15-4)10(6-2)7-3/h10-11,13H,5-9H2,1-4H3. The summed E-state index contributed by atoms with van der Waals surface area (Å²) in [6.45, 7) is 7.45. The average Bonchev–Trinajstić information content (AvgIpc) is 2.26. The van der Waals surface area contributed by atoms with E-state index in [-0.39, 0.29) is 12.0 Å². The number of esters is 1. The van der Waals surface area contributed by atoms with Crippen LogP contribution in [0.1, 0.15) is 46.5 Å². The Labute approximate surface area is 93.6 Å². The number of carbonyl (C=O) groups is 1. The molecule has 0 aliphatic carbocycles. The van der Waals surface area contributed by atoms with E-state index in [9.17, 15) is 4.79 Å². The zero-order chi connectivity index (χ0) is 11.7. The minimum Gasteiger partial charge on any atom is -0.469 e. The third-order valence-electron chi connectivity index (χ3n) is 2.89. The number of hydrogen-bond acceptors (Lipinski definition) is 3. The summed E-state index contributed by atoms with van der Waals surface area (Å²) < 4.78 is 4.72. The van der Waals surface area contributed by atoms with Crippen molar-refractivity contribution in [2.75, 3.05) is 13.7 Å². The summed E-state index contributed by atoms with van der Waals surface area (Å²) in [5.41, 5.74) is 0. The maximum absolute atomic E-state index is 11.3. The largest absolute Gasteiger partial charge is 0.469 e. The second kappa shape index (κ2) is 8.72. The second-order valence-corrected chi connectivity index (χ2v) is 3.92. The molecule has 0 aromatic carbocycles. The minimum atomic E-state index is -0.115. The van der Waals surface area contributed by atoms with Gasteiger partial charge in [0.05, 0.1) is 13.5 Å². The van der Waals surface area contributed by atoms with Crippen molar-refractivity contribution in [2.45, 2.75) is 52.5 Å². The van der Waals surface area contributed by atoms with Crippen LogP contribution in [0, 0.1) is 5.92 Å². The maximum Gasteiger partial charge on any atom is 0.307 e. The summed E-state index contributed by atoms with van der Waals surface area (Å²) in [5.74, 6) is 0.450. The van der Waals surface area contributed by atoms with Crippen LogP contribution in [-0.4, -0.2) is 25.7 Å². The van der Waals surface area contributed by atoms with Crippen molar-refractivity contribution in [1.29, 1.82) is 0 Å². The van der Waals surface area contributed by atoms with Crippen molar-refractivity contribution >= 4 is 5.97 Å². The molecule has 90 valence electrons. The van der Waals surface area contributed by atoms with Gasteiger partial charge in [0.25, 0.3) is 0 Å². The SMILES string of the molecule is CCCNC(CC(=O)OC)C(CC)CC. The van der Waals surface area contributed by atoms with Gasteiger partial charge in [-0.25, -0.2) is 0 Å². The molecule has 3 nitrogen and oxygen atoms in total. The minimum absolute atomic E-state index is 0.115. The molecule has 0 radical (unpaired) electrons. The van der Waals surface area contributed by atoms with Crippen LogP contribution < -0.4 is 5.32 Å². The number of carbonyl (C=O) groups excluding carboxylic acids is 1. The molecular formula is C12H25NO2. The lowest BCUT2D eigenvalue weighted by atomic mass is 9.92. The van der Waals surface area contributed by atoms with E-state index < -0.39 is 0 Å². The highest BCUT2D eigenvalue weighted by atomic mass is 16.5. The number of ether oxygens (including phenoxy) is 1. The quantitative estimate of drug-likeness (QED) is 0.632. The van der Waals surface area contributed by atoms with Crippen LogP contribution >= 0.6 is 0 Å². The monoisotopic (exact) mass is 215 g/mol. The van der Waals surface area contributed by atoms with E-state index in [4.69, 9.17) is 4.74 Å². The molecule has 0 bridgehead atoms. The Balaban J connectivity index is 4.20. The first-order valence-corrected chi connectivity index (χ1v) is 5.99. The Kier molecular flexibility index (Phi) is 8.38. The highest BCUT2D eigenvalue weighted by Crippen LogP contribution is 2.16. The van der Waals surface area contributed by atoms with Gasteiger partial charge < -0.3 is 10.1 Å². The van der Waals surface area contributed by atoms with Crippen LogP contribution in [0.5, 0.6) is 0 Å². The fourth-order valence-electron chi connectivity index (χ4n) is 1.86. The molecule has 0 heterocycles. The lowest BCUT2D eigenvalue weighted by Gasteiger charge is -2.25. The summed E-state index contributed by atoms with van der Waals surface area (Å²) in [6, 6.07) is 0.271. The van der Waals surface area contributed by atoms with Crippen LogP contribution in [0.15, 0.2) is 0 Å². The predicted octanol–water partition coefficient (Wildman–Crippen LogP) is 2.35. The topological polar surface area (TPSA) is 38.3 Å². The van der Waals surface area contributed by atoms with Crippen LogP contribution in [0.2, 0.25) is 0 Å². The summed E-state index contributed by atoms with van der Waals surface area (Å²) in [6.07, 6.45) is 3.80. The van der Waals surface area contributed by atoms with E-state index in [1.54, 1.807) is 0 Å². The van der Waals surface area contributed by atoms with Crippen LogP contribution in [0.25, 0.3) is 0 Å². The normalized spacial score (nSPS) is 12.9. The Morgan fingerprint density at radius 2 is 1.87 bits per heavy atom. The summed E-state index contributed by atoms with van der Waals surface area (Å²) in [7, 11) is 1.45. The molecule has 0 aliphatic heterocycles. The molecule has 0 spiro atoms. The van der Waals surface area contributed by atoms with Gasteiger partial charge in [0, 0.05) is 6.04 Å². The Hall–Kier alpha value is -0.570. The van der Waals surface area contributed by atoms with Gasteiger partial charge in [0.2, 0.25) is 0 Å². The average molecular weight is 215 g/mol. The zero-order valence-corrected chi connectivity index (χ0v) is 10.5. The van der Waals surface area contributed by atoms with Crippen LogP contribution in [0.4, 0.5) is 0 Å². The molecule has 0 saturated heterocycles. The van der Waals surface area contributed by atoms with E-state index >= 15 is 0 Å². The van der Waals surface area contributed by atoms with Crippen molar-refractivity contribution < 1.29 is 9.53 Å². The molecule has 1 unspecified atom stereocenters. The molecule has 1 atom stereocenters. The highest BCUT2D eigenvalue weighted by Gasteiger charge is 2.20. The molecule has 0 aromatic rings.